The molecule has 0 aliphatic carbocycles. The van der Waals surface area contributed by atoms with Crippen LogP contribution >= 0.6 is 15.9 Å². The third-order valence-electron chi connectivity index (χ3n) is 2.51. The van der Waals surface area contributed by atoms with Gasteiger partial charge in [0.2, 0.25) is 0 Å². The van der Waals surface area contributed by atoms with Gasteiger partial charge >= 0.3 is 0 Å². The first kappa shape index (κ1) is 10.6. The van der Waals surface area contributed by atoms with Gasteiger partial charge in [0, 0.05) is 16.1 Å². The molecule has 0 spiro atoms. The van der Waals surface area contributed by atoms with E-state index >= 15 is 0 Å². The largest absolute Gasteiger partial charge is 0.256 e. The van der Waals surface area contributed by atoms with Crippen molar-refractivity contribution in [2.45, 2.75) is 26.2 Å². The lowest BCUT2D eigenvalue weighted by Gasteiger charge is -2.20. The highest BCUT2D eigenvalue weighted by Gasteiger charge is 2.16. The number of aromatic nitrogens is 1. The van der Waals surface area contributed by atoms with Crippen LogP contribution in [-0.2, 0) is 5.41 Å². The summed E-state index contributed by atoms with van der Waals surface area (Å²) in [5.41, 5.74) is 2.56. The summed E-state index contributed by atoms with van der Waals surface area (Å²) in [5.74, 6) is 0. The van der Waals surface area contributed by atoms with Crippen molar-refractivity contribution in [2.75, 3.05) is 0 Å². The van der Waals surface area contributed by atoms with Gasteiger partial charge in [-0.1, -0.05) is 42.8 Å². The van der Waals surface area contributed by atoms with Gasteiger partial charge in [0.1, 0.15) is 0 Å². The highest BCUT2D eigenvalue weighted by Crippen LogP contribution is 2.29. The van der Waals surface area contributed by atoms with Crippen LogP contribution in [0.4, 0.5) is 0 Å². The second-order valence-electron chi connectivity index (χ2n) is 4.77. The van der Waals surface area contributed by atoms with Crippen LogP contribution in [0.2, 0.25) is 0 Å². The maximum Gasteiger partial charge on any atom is 0.0716 e. The Labute approximate surface area is 98.7 Å². The molecule has 15 heavy (non-hydrogen) atoms. The molecule has 0 saturated heterocycles. The minimum absolute atomic E-state index is 0.162. The van der Waals surface area contributed by atoms with Crippen molar-refractivity contribution in [3.05, 3.63) is 40.5 Å². The number of pyridine rings is 1. The maximum atomic E-state index is 4.39. The normalized spacial score (nSPS) is 12.0. The van der Waals surface area contributed by atoms with Crippen molar-refractivity contribution in [1.29, 1.82) is 0 Å². The zero-order valence-corrected chi connectivity index (χ0v) is 10.8. The van der Waals surface area contributed by atoms with E-state index in [1.807, 2.05) is 6.20 Å². The van der Waals surface area contributed by atoms with Crippen molar-refractivity contribution in [3.63, 3.8) is 0 Å². The molecule has 78 valence electrons. The predicted octanol–water partition coefficient (Wildman–Crippen LogP) is 4.29. The summed E-state index contributed by atoms with van der Waals surface area (Å²) in [4.78, 5) is 4.39. The fourth-order valence-electron chi connectivity index (χ4n) is 1.78. The number of halogens is 1. The van der Waals surface area contributed by atoms with Crippen LogP contribution in [0.5, 0.6) is 0 Å². The summed E-state index contributed by atoms with van der Waals surface area (Å²) < 4.78 is 1.08. The summed E-state index contributed by atoms with van der Waals surface area (Å²) in [6.45, 7) is 6.68. The summed E-state index contributed by atoms with van der Waals surface area (Å²) in [7, 11) is 0. The minimum atomic E-state index is 0.162. The van der Waals surface area contributed by atoms with Gasteiger partial charge in [-0.25, -0.2) is 0 Å². The van der Waals surface area contributed by atoms with E-state index < -0.39 is 0 Å². The van der Waals surface area contributed by atoms with Crippen molar-refractivity contribution in [1.82, 2.24) is 4.98 Å². The van der Waals surface area contributed by atoms with E-state index in [0.29, 0.717) is 0 Å². The zero-order valence-electron chi connectivity index (χ0n) is 9.21. The summed E-state index contributed by atoms with van der Waals surface area (Å²) >= 11 is 3.47. The Morgan fingerprint density at radius 2 is 1.87 bits per heavy atom. The molecule has 0 bridgehead atoms. The third kappa shape index (κ3) is 2.05. The first-order valence-corrected chi connectivity index (χ1v) is 5.82. The predicted molar refractivity (Wildman–Crippen MR) is 68.1 cm³/mol. The van der Waals surface area contributed by atoms with Crippen molar-refractivity contribution >= 4 is 26.8 Å². The average Bonchev–Trinajstić information content (AvgIpc) is 2.15. The molecule has 1 nitrogen and oxygen atoms in total. The quantitative estimate of drug-likeness (QED) is 0.691. The van der Waals surface area contributed by atoms with E-state index in [0.717, 1.165) is 9.99 Å². The molecule has 0 fully saturated rings. The van der Waals surface area contributed by atoms with Crippen LogP contribution in [0.15, 0.2) is 34.9 Å². The lowest BCUT2D eigenvalue weighted by atomic mass is 9.85. The van der Waals surface area contributed by atoms with Crippen LogP contribution in [0.3, 0.4) is 0 Å². The number of hydrogen-bond acceptors (Lipinski definition) is 1. The Hall–Kier alpha value is -0.890. The molecule has 1 aromatic carbocycles. The van der Waals surface area contributed by atoms with Gasteiger partial charge in [-0.2, -0.15) is 0 Å². The summed E-state index contributed by atoms with van der Waals surface area (Å²) in [6.07, 6.45) is 1.88. The second kappa shape index (κ2) is 3.60. The van der Waals surface area contributed by atoms with Gasteiger partial charge in [-0.05, 0) is 29.2 Å². The van der Waals surface area contributed by atoms with Crippen LogP contribution in [-0.4, -0.2) is 4.98 Å². The van der Waals surface area contributed by atoms with Crippen LogP contribution in [0.25, 0.3) is 10.9 Å². The zero-order chi connectivity index (χ0) is 11.1. The fourth-order valence-corrected chi connectivity index (χ4v) is 2.12. The molecule has 0 N–H and O–H groups in total. The molecule has 1 heterocycles. The van der Waals surface area contributed by atoms with Crippen LogP contribution in [0.1, 0.15) is 26.3 Å². The molecule has 1 aromatic heterocycles. The Balaban J connectivity index is 2.77. The molecule has 0 aliphatic rings. The van der Waals surface area contributed by atoms with Gasteiger partial charge in [-0.15, -0.1) is 0 Å². The van der Waals surface area contributed by atoms with Gasteiger partial charge in [0.15, 0.2) is 0 Å². The molecule has 0 saturated carbocycles. The van der Waals surface area contributed by atoms with Crippen molar-refractivity contribution in [3.8, 4) is 0 Å². The van der Waals surface area contributed by atoms with Crippen molar-refractivity contribution < 1.29 is 0 Å². The lowest BCUT2D eigenvalue weighted by molar-refractivity contribution is 0.595. The SMILES string of the molecule is CC(C)(C)c1ccnc2cc(Br)ccc12. The van der Waals surface area contributed by atoms with E-state index in [2.05, 4.69) is 66.0 Å². The molecule has 2 aromatic rings. The fraction of sp³-hybridized carbons (Fsp3) is 0.308. The van der Waals surface area contributed by atoms with Crippen molar-refractivity contribution in [2.24, 2.45) is 0 Å². The highest BCUT2D eigenvalue weighted by atomic mass is 79.9. The van der Waals surface area contributed by atoms with Crippen LogP contribution in [0, 0.1) is 0 Å². The molecule has 0 aliphatic heterocycles. The highest BCUT2D eigenvalue weighted by molar-refractivity contribution is 9.10. The Bertz CT molecular complexity index is 497. The average molecular weight is 264 g/mol. The summed E-state index contributed by atoms with van der Waals surface area (Å²) in [5, 5.41) is 1.24. The number of nitrogens with zero attached hydrogens (tertiary/aromatic N) is 1. The van der Waals surface area contributed by atoms with E-state index in [-0.39, 0.29) is 5.41 Å². The molecule has 0 amide bonds. The lowest BCUT2D eigenvalue weighted by Crippen LogP contribution is -2.11. The number of rotatable bonds is 0. The smallest absolute Gasteiger partial charge is 0.0716 e. The van der Waals surface area contributed by atoms with E-state index in [9.17, 15) is 0 Å². The maximum absolute atomic E-state index is 4.39. The molecular weight excluding hydrogens is 250 g/mol. The van der Waals surface area contributed by atoms with Gasteiger partial charge in [0.05, 0.1) is 5.52 Å². The Kier molecular flexibility index (Phi) is 2.55. The monoisotopic (exact) mass is 263 g/mol. The van der Waals surface area contributed by atoms with Gasteiger partial charge < -0.3 is 0 Å². The molecule has 2 heteroatoms. The third-order valence-corrected chi connectivity index (χ3v) is 3.01. The Morgan fingerprint density at radius 1 is 1.13 bits per heavy atom. The molecule has 0 radical (unpaired) electrons. The first-order chi connectivity index (χ1) is 6.98. The number of hydrogen-bond donors (Lipinski definition) is 0. The van der Waals surface area contributed by atoms with E-state index in [1.54, 1.807) is 0 Å². The second-order valence-corrected chi connectivity index (χ2v) is 5.69. The molecule has 0 atom stereocenters. The number of fused-ring (bicyclic) bond motifs is 1. The number of benzene rings is 1. The van der Waals surface area contributed by atoms with Gasteiger partial charge in [-0.3, -0.25) is 4.98 Å². The Morgan fingerprint density at radius 3 is 2.53 bits per heavy atom. The van der Waals surface area contributed by atoms with E-state index in [1.165, 1.54) is 10.9 Å². The molecule has 2 rings (SSSR count). The first-order valence-electron chi connectivity index (χ1n) is 5.03. The summed E-state index contributed by atoms with van der Waals surface area (Å²) in [6, 6.07) is 8.37. The van der Waals surface area contributed by atoms with Crippen LogP contribution < -0.4 is 0 Å². The molecular formula is C13H14BrN. The standard InChI is InChI=1S/C13H14BrN/c1-13(2,3)11-6-7-15-12-8-9(14)4-5-10(11)12/h4-8H,1-3H3. The topological polar surface area (TPSA) is 12.9 Å². The van der Waals surface area contributed by atoms with Gasteiger partial charge in [0.25, 0.3) is 0 Å². The minimum Gasteiger partial charge on any atom is -0.256 e. The molecule has 0 unspecified atom stereocenters. The van der Waals surface area contributed by atoms with E-state index in [4.69, 9.17) is 0 Å².